The molecule has 0 saturated heterocycles. The number of aromatic nitrogens is 1. The highest BCUT2D eigenvalue weighted by atomic mass is 19.1. The summed E-state index contributed by atoms with van der Waals surface area (Å²) in [6, 6.07) is 14.2. The van der Waals surface area contributed by atoms with Gasteiger partial charge < -0.3 is 10.2 Å². The number of anilines is 1. The van der Waals surface area contributed by atoms with Crippen LogP contribution in [0.2, 0.25) is 0 Å². The van der Waals surface area contributed by atoms with Crippen molar-refractivity contribution in [2.45, 2.75) is 6.42 Å². The number of hydrogen-bond donors (Lipinski definition) is 1. The third kappa shape index (κ3) is 4.56. The van der Waals surface area contributed by atoms with Gasteiger partial charge in [-0.2, -0.15) is 4.39 Å². The number of carbonyl (C=O) groups is 1. The van der Waals surface area contributed by atoms with Gasteiger partial charge in [-0.25, -0.2) is 4.98 Å². The summed E-state index contributed by atoms with van der Waals surface area (Å²) in [5.74, 6) is -0.997. The minimum absolute atomic E-state index is 0.103. The second-order valence-corrected chi connectivity index (χ2v) is 4.71. The Balaban J connectivity index is 1.74. The molecule has 2 aromatic rings. The van der Waals surface area contributed by atoms with E-state index in [4.69, 9.17) is 0 Å². The lowest BCUT2D eigenvalue weighted by atomic mass is 10.3. The second-order valence-electron chi connectivity index (χ2n) is 4.71. The Hall–Kier alpha value is -2.43. The van der Waals surface area contributed by atoms with Gasteiger partial charge in [0.1, 0.15) is 5.69 Å². The maximum absolute atomic E-state index is 12.9. The fourth-order valence-electron chi connectivity index (χ4n) is 1.96. The van der Waals surface area contributed by atoms with E-state index in [-0.39, 0.29) is 11.6 Å². The minimum Gasteiger partial charge on any atom is -0.375 e. The van der Waals surface area contributed by atoms with Gasteiger partial charge in [-0.05, 0) is 30.7 Å². The summed E-state index contributed by atoms with van der Waals surface area (Å²) in [6.45, 7) is 1.34. The van der Waals surface area contributed by atoms with Gasteiger partial charge in [0.2, 0.25) is 5.95 Å². The van der Waals surface area contributed by atoms with Gasteiger partial charge in [-0.3, -0.25) is 4.79 Å². The van der Waals surface area contributed by atoms with Crippen LogP contribution in [0.25, 0.3) is 0 Å². The normalized spacial score (nSPS) is 10.2. The van der Waals surface area contributed by atoms with Gasteiger partial charge in [0.25, 0.3) is 5.91 Å². The molecule has 21 heavy (non-hydrogen) atoms. The number of rotatable bonds is 6. The molecule has 0 fully saturated rings. The van der Waals surface area contributed by atoms with Gasteiger partial charge in [0, 0.05) is 25.8 Å². The molecule has 0 bridgehead atoms. The maximum atomic E-state index is 12.9. The fraction of sp³-hybridized carbons (Fsp3) is 0.250. The van der Waals surface area contributed by atoms with Crippen LogP contribution in [0.15, 0.2) is 48.5 Å². The van der Waals surface area contributed by atoms with Gasteiger partial charge in [-0.15, -0.1) is 0 Å². The predicted molar refractivity (Wildman–Crippen MR) is 80.9 cm³/mol. The summed E-state index contributed by atoms with van der Waals surface area (Å²) in [5, 5.41) is 2.74. The first kappa shape index (κ1) is 15.0. The SMILES string of the molecule is CN(CCCNC(=O)c1cccc(F)n1)c1ccccc1. The van der Waals surface area contributed by atoms with E-state index in [9.17, 15) is 9.18 Å². The molecule has 0 unspecified atom stereocenters. The highest BCUT2D eigenvalue weighted by molar-refractivity contribution is 5.92. The molecule has 1 N–H and O–H groups in total. The van der Waals surface area contributed by atoms with Crippen LogP contribution in [0, 0.1) is 5.95 Å². The summed E-state index contributed by atoms with van der Waals surface area (Å²) < 4.78 is 12.9. The Morgan fingerprint density at radius 2 is 1.95 bits per heavy atom. The van der Waals surface area contributed by atoms with Crippen molar-refractivity contribution in [1.82, 2.24) is 10.3 Å². The number of nitrogens with one attached hydrogen (secondary N) is 1. The molecule has 0 spiro atoms. The van der Waals surface area contributed by atoms with Crippen LogP contribution in [0.1, 0.15) is 16.9 Å². The first-order valence-corrected chi connectivity index (χ1v) is 6.84. The van der Waals surface area contributed by atoms with Crippen molar-refractivity contribution in [3.63, 3.8) is 0 Å². The van der Waals surface area contributed by atoms with E-state index < -0.39 is 5.95 Å². The number of nitrogens with zero attached hydrogens (tertiary/aromatic N) is 2. The molecule has 0 atom stereocenters. The standard InChI is InChI=1S/C16H18FN3O/c1-20(13-7-3-2-4-8-13)12-6-11-18-16(21)14-9-5-10-15(17)19-14/h2-5,7-10H,6,11-12H2,1H3,(H,18,21). The Bertz CT molecular complexity index is 589. The Kier molecular flexibility index (Phi) is 5.26. The fourth-order valence-corrected chi connectivity index (χ4v) is 1.96. The van der Waals surface area contributed by atoms with E-state index in [0.29, 0.717) is 6.54 Å². The second kappa shape index (κ2) is 7.38. The van der Waals surface area contributed by atoms with Gasteiger partial charge in [0.15, 0.2) is 0 Å². The van der Waals surface area contributed by atoms with E-state index in [1.165, 1.54) is 18.2 Å². The van der Waals surface area contributed by atoms with Crippen LogP contribution in [0.3, 0.4) is 0 Å². The van der Waals surface area contributed by atoms with Gasteiger partial charge >= 0.3 is 0 Å². The van der Waals surface area contributed by atoms with Crippen molar-refractivity contribution in [3.05, 3.63) is 60.2 Å². The van der Waals surface area contributed by atoms with Crippen LogP contribution < -0.4 is 10.2 Å². The number of benzene rings is 1. The zero-order valence-electron chi connectivity index (χ0n) is 11.9. The number of carbonyl (C=O) groups excluding carboxylic acids is 1. The quantitative estimate of drug-likeness (QED) is 0.656. The van der Waals surface area contributed by atoms with E-state index in [1.807, 2.05) is 37.4 Å². The molecule has 0 aliphatic carbocycles. The monoisotopic (exact) mass is 287 g/mol. The Morgan fingerprint density at radius 3 is 2.67 bits per heavy atom. The average molecular weight is 287 g/mol. The molecular weight excluding hydrogens is 269 g/mol. The topological polar surface area (TPSA) is 45.2 Å². The van der Waals surface area contributed by atoms with Crippen LogP contribution in [0.5, 0.6) is 0 Å². The van der Waals surface area contributed by atoms with Crippen LogP contribution in [-0.2, 0) is 0 Å². The summed E-state index contributed by atoms with van der Waals surface area (Å²) in [5.41, 5.74) is 1.24. The molecule has 110 valence electrons. The number of pyridine rings is 1. The lowest BCUT2D eigenvalue weighted by molar-refractivity contribution is 0.0947. The summed E-state index contributed by atoms with van der Waals surface area (Å²) >= 11 is 0. The molecular formula is C16H18FN3O. The molecule has 4 nitrogen and oxygen atoms in total. The van der Waals surface area contributed by atoms with E-state index in [2.05, 4.69) is 15.2 Å². The Labute approximate surface area is 123 Å². The molecule has 1 amide bonds. The lowest BCUT2D eigenvalue weighted by Gasteiger charge is -2.19. The third-order valence-electron chi connectivity index (χ3n) is 3.10. The smallest absolute Gasteiger partial charge is 0.269 e. The number of amides is 1. The molecule has 0 radical (unpaired) electrons. The largest absolute Gasteiger partial charge is 0.375 e. The highest BCUT2D eigenvalue weighted by Gasteiger charge is 2.07. The summed E-state index contributed by atoms with van der Waals surface area (Å²) in [6.07, 6.45) is 0.798. The molecule has 0 aliphatic rings. The van der Waals surface area contributed by atoms with Crippen molar-refractivity contribution in [2.24, 2.45) is 0 Å². The highest BCUT2D eigenvalue weighted by Crippen LogP contribution is 2.10. The van der Waals surface area contributed by atoms with E-state index in [0.717, 1.165) is 18.7 Å². The van der Waals surface area contributed by atoms with Gasteiger partial charge in [-0.1, -0.05) is 24.3 Å². The number of hydrogen-bond acceptors (Lipinski definition) is 3. The van der Waals surface area contributed by atoms with E-state index in [1.54, 1.807) is 0 Å². The molecule has 0 aliphatic heterocycles. The molecule has 1 aromatic carbocycles. The molecule has 0 saturated carbocycles. The lowest BCUT2D eigenvalue weighted by Crippen LogP contribution is -2.28. The zero-order chi connectivity index (χ0) is 15.1. The first-order valence-electron chi connectivity index (χ1n) is 6.84. The zero-order valence-corrected chi connectivity index (χ0v) is 11.9. The number of halogens is 1. The van der Waals surface area contributed by atoms with Crippen molar-refractivity contribution < 1.29 is 9.18 Å². The molecule has 1 aromatic heterocycles. The predicted octanol–water partition coefficient (Wildman–Crippen LogP) is 2.48. The molecule has 2 rings (SSSR count). The van der Waals surface area contributed by atoms with Crippen molar-refractivity contribution in [2.75, 3.05) is 25.0 Å². The van der Waals surface area contributed by atoms with Crippen molar-refractivity contribution >= 4 is 11.6 Å². The maximum Gasteiger partial charge on any atom is 0.269 e. The van der Waals surface area contributed by atoms with Crippen LogP contribution in [0.4, 0.5) is 10.1 Å². The summed E-state index contributed by atoms with van der Waals surface area (Å²) in [7, 11) is 2.01. The number of para-hydroxylation sites is 1. The molecule has 5 heteroatoms. The molecule has 1 heterocycles. The van der Waals surface area contributed by atoms with Crippen molar-refractivity contribution in [1.29, 1.82) is 0 Å². The average Bonchev–Trinajstić information content (AvgIpc) is 2.52. The summed E-state index contributed by atoms with van der Waals surface area (Å²) in [4.78, 5) is 17.4. The van der Waals surface area contributed by atoms with Crippen LogP contribution in [-0.4, -0.2) is 31.0 Å². The first-order chi connectivity index (χ1) is 10.2. The minimum atomic E-state index is -0.647. The Morgan fingerprint density at radius 1 is 1.19 bits per heavy atom. The van der Waals surface area contributed by atoms with E-state index >= 15 is 0 Å². The van der Waals surface area contributed by atoms with Crippen LogP contribution >= 0.6 is 0 Å². The third-order valence-corrected chi connectivity index (χ3v) is 3.10. The van der Waals surface area contributed by atoms with Gasteiger partial charge in [0.05, 0.1) is 0 Å². The van der Waals surface area contributed by atoms with Crippen molar-refractivity contribution in [3.8, 4) is 0 Å².